The summed E-state index contributed by atoms with van der Waals surface area (Å²) in [4.78, 5) is 14.1. The fraction of sp³-hybridized carbons (Fsp3) is 0.900. The van der Waals surface area contributed by atoms with Crippen LogP contribution in [0.4, 0.5) is 4.79 Å². The largest absolute Gasteiger partial charge is 0.444 e. The van der Waals surface area contributed by atoms with Crippen molar-refractivity contribution in [1.29, 1.82) is 0 Å². The predicted molar refractivity (Wildman–Crippen MR) is 62.0 cm³/mol. The van der Waals surface area contributed by atoms with Crippen LogP contribution in [-0.2, 0) is 4.74 Å². The molecule has 1 unspecified atom stereocenters. The molecule has 0 rings (SSSR count). The molecule has 0 fully saturated rings. The van der Waals surface area contributed by atoms with Crippen molar-refractivity contribution in [3.8, 4) is 0 Å². The van der Waals surface area contributed by atoms with Crippen molar-refractivity contribution in [2.45, 2.75) is 46.3 Å². The van der Waals surface area contributed by atoms with Crippen LogP contribution in [0.25, 0.3) is 10.4 Å². The summed E-state index contributed by atoms with van der Waals surface area (Å²) < 4.78 is 5.11. The number of azide groups is 1. The molecule has 0 aromatic heterocycles. The highest BCUT2D eigenvalue weighted by molar-refractivity contribution is 5.68. The first-order valence-electron chi connectivity index (χ1n) is 5.26. The van der Waals surface area contributed by atoms with Gasteiger partial charge in [0.15, 0.2) is 0 Å². The Kier molecular flexibility index (Phi) is 5.67. The summed E-state index contributed by atoms with van der Waals surface area (Å²) in [5.41, 5.74) is 7.71. The molecule has 1 amide bonds. The maximum atomic E-state index is 11.5. The predicted octanol–water partition coefficient (Wildman–Crippen LogP) is 2.85. The van der Waals surface area contributed by atoms with Gasteiger partial charge in [-0.25, -0.2) is 4.79 Å². The monoisotopic (exact) mass is 228 g/mol. The highest BCUT2D eigenvalue weighted by Gasteiger charge is 2.20. The van der Waals surface area contributed by atoms with E-state index in [1.807, 2.05) is 13.8 Å². The summed E-state index contributed by atoms with van der Waals surface area (Å²) in [6, 6.07) is -0.203. The Hall–Kier alpha value is -1.42. The van der Waals surface area contributed by atoms with E-state index in [4.69, 9.17) is 10.3 Å². The molecule has 0 aliphatic rings. The van der Waals surface area contributed by atoms with Crippen molar-refractivity contribution in [3.63, 3.8) is 0 Å². The van der Waals surface area contributed by atoms with Gasteiger partial charge in [-0.3, -0.25) is 0 Å². The Morgan fingerprint density at radius 2 is 2.06 bits per heavy atom. The van der Waals surface area contributed by atoms with E-state index in [1.54, 1.807) is 20.8 Å². The molecule has 0 aliphatic heterocycles. The standard InChI is InChI=1S/C10H20N4O2/c1-7(2)8(6-12-14-11)13-9(15)16-10(3,4)5/h7-8H,6H2,1-5H3,(H,13,15). The molecule has 0 aromatic rings. The van der Waals surface area contributed by atoms with Crippen LogP contribution in [0.2, 0.25) is 0 Å². The van der Waals surface area contributed by atoms with Crippen molar-refractivity contribution >= 4 is 6.09 Å². The Balaban J connectivity index is 4.29. The van der Waals surface area contributed by atoms with E-state index in [0.717, 1.165) is 0 Å². The van der Waals surface area contributed by atoms with E-state index in [1.165, 1.54) is 0 Å². The molecule has 0 aliphatic carbocycles. The SMILES string of the molecule is CC(C)C(CN=[N+]=[N-])NC(=O)OC(C)(C)C. The lowest BCUT2D eigenvalue weighted by Crippen LogP contribution is -2.43. The van der Waals surface area contributed by atoms with Crippen LogP contribution in [0.5, 0.6) is 0 Å². The van der Waals surface area contributed by atoms with Gasteiger partial charge in [0.2, 0.25) is 0 Å². The number of alkyl carbamates (subject to hydrolysis) is 1. The quantitative estimate of drug-likeness (QED) is 0.455. The lowest BCUT2D eigenvalue weighted by Gasteiger charge is -2.24. The van der Waals surface area contributed by atoms with Gasteiger partial charge < -0.3 is 10.1 Å². The van der Waals surface area contributed by atoms with E-state index >= 15 is 0 Å². The first-order valence-corrected chi connectivity index (χ1v) is 5.26. The zero-order valence-electron chi connectivity index (χ0n) is 10.5. The summed E-state index contributed by atoms with van der Waals surface area (Å²) >= 11 is 0. The molecule has 92 valence electrons. The minimum absolute atomic E-state index is 0.179. The molecule has 1 atom stereocenters. The normalized spacial score (nSPS) is 12.9. The molecular formula is C10H20N4O2. The Morgan fingerprint density at radius 1 is 1.50 bits per heavy atom. The number of ether oxygens (including phenoxy) is 1. The average molecular weight is 228 g/mol. The Bertz CT molecular complexity index is 277. The summed E-state index contributed by atoms with van der Waals surface area (Å²) in [6.07, 6.45) is -0.487. The van der Waals surface area contributed by atoms with Crippen molar-refractivity contribution in [2.75, 3.05) is 6.54 Å². The summed E-state index contributed by atoms with van der Waals surface area (Å²) in [5.74, 6) is 0.179. The second-order valence-corrected chi connectivity index (χ2v) is 4.91. The molecule has 6 heteroatoms. The van der Waals surface area contributed by atoms with Crippen LogP contribution in [-0.4, -0.2) is 24.3 Å². The zero-order chi connectivity index (χ0) is 12.8. The van der Waals surface area contributed by atoms with Crippen LogP contribution in [0.1, 0.15) is 34.6 Å². The third-order valence-electron chi connectivity index (χ3n) is 1.85. The minimum atomic E-state index is -0.524. The molecular weight excluding hydrogens is 208 g/mol. The van der Waals surface area contributed by atoms with Crippen molar-refractivity contribution in [2.24, 2.45) is 11.0 Å². The summed E-state index contributed by atoms with van der Waals surface area (Å²) in [7, 11) is 0. The Morgan fingerprint density at radius 3 is 2.44 bits per heavy atom. The highest BCUT2D eigenvalue weighted by atomic mass is 16.6. The number of carbonyl (C=O) groups is 1. The molecule has 0 aromatic carbocycles. The molecule has 0 heterocycles. The van der Waals surface area contributed by atoms with Crippen LogP contribution < -0.4 is 5.32 Å². The maximum Gasteiger partial charge on any atom is 0.407 e. The van der Waals surface area contributed by atoms with E-state index in [0.29, 0.717) is 0 Å². The molecule has 0 radical (unpaired) electrons. The smallest absolute Gasteiger partial charge is 0.407 e. The fourth-order valence-corrected chi connectivity index (χ4v) is 1.01. The number of carbonyl (C=O) groups excluding carboxylic acids is 1. The van der Waals surface area contributed by atoms with E-state index in [-0.39, 0.29) is 18.5 Å². The topological polar surface area (TPSA) is 87.1 Å². The van der Waals surface area contributed by atoms with Crippen molar-refractivity contribution in [1.82, 2.24) is 5.32 Å². The first kappa shape index (κ1) is 14.6. The average Bonchev–Trinajstić information content (AvgIpc) is 2.08. The van der Waals surface area contributed by atoms with Gasteiger partial charge in [-0.2, -0.15) is 0 Å². The van der Waals surface area contributed by atoms with Gasteiger partial charge >= 0.3 is 6.09 Å². The van der Waals surface area contributed by atoms with E-state index < -0.39 is 11.7 Å². The van der Waals surface area contributed by atoms with Crippen LogP contribution >= 0.6 is 0 Å². The lowest BCUT2D eigenvalue weighted by molar-refractivity contribution is 0.0493. The second-order valence-electron chi connectivity index (χ2n) is 4.91. The molecule has 0 spiro atoms. The van der Waals surface area contributed by atoms with E-state index in [9.17, 15) is 4.79 Å². The van der Waals surface area contributed by atoms with Crippen LogP contribution in [0.3, 0.4) is 0 Å². The van der Waals surface area contributed by atoms with Gasteiger partial charge in [-0.1, -0.05) is 19.0 Å². The summed E-state index contributed by atoms with van der Waals surface area (Å²) in [6.45, 7) is 9.50. The maximum absolute atomic E-state index is 11.5. The molecule has 0 bridgehead atoms. The fourth-order valence-electron chi connectivity index (χ4n) is 1.01. The lowest BCUT2D eigenvalue weighted by atomic mass is 10.1. The second kappa shape index (κ2) is 6.23. The number of rotatable bonds is 4. The number of amides is 1. The molecule has 0 saturated heterocycles. The van der Waals surface area contributed by atoms with Gasteiger partial charge in [0, 0.05) is 17.5 Å². The molecule has 1 N–H and O–H groups in total. The number of nitrogens with zero attached hydrogens (tertiary/aromatic N) is 3. The third-order valence-corrected chi connectivity index (χ3v) is 1.85. The Labute approximate surface area is 96.0 Å². The van der Waals surface area contributed by atoms with Crippen molar-refractivity contribution < 1.29 is 9.53 Å². The first-order chi connectivity index (χ1) is 7.26. The molecule has 16 heavy (non-hydrogen) atoms. The molecule has 6 nitrogen and oxygen atoms in total. The van der Waals surface area contributed by atoms with E-state index in [2.05, 4.69) is 15.3 Å². The van der Waals surface area contributed by atoms with Gasteiger partial charge in [0.25, 0.3) is 0 Å². The number of hydrogen-bond donors (Lipinski definition) is 1. The highest BCUT2D eigenvalue weighted by Crippen LogP contribution is 2.08. The zero-order valence-corrected chi connectivity index (χ0v) is 10.5. The van der Waals surface area contributed by atoms with Gasteiger partial charge in [-0.15, -0.1) is 0 Å². The van der Waals surface area contributed by atoms with Gasteiger partial charge in [-0.05, 0) is 32.2 Å². The van der Waals surface area contributed by atoms with Crippen LogP contribution in [0.15, 0.2) is 5.11 Å². The van der Waals surface area contributed by atoms with Gasteiger partial charge in [0.1, 0.15) is 5.60 Å². The third kappa shape index (κ3) is 6.95. The van der Waals surface area contributed by atoms with Crippen molar-refractivity contribution in [3.05, 3.63) is 10.4 Å². The van der Waals surface area contributed by atoms with Crippen LogP contribution in [0, 0.1) is 5.92 Å². The summed E-state index contributed by atoms with van der Waals surface area (Å²) in [5, 5.41) is 6.13. The minimum Gasteiger partial charge on any atom is -0.444 e. The molecule has 0 saturated carbocycles. The number of nitrogens with one attached hydrogen (secondary N) is 1. The number of hydrogen-bond acceptors (Lipinski definition) is 3. The van der Waals surface area contributed by atoms with Gasteiger partial charge in [0.05, 0.1) is 0 Å².